The van der Waals surface area contributed by atoms with Crippen LogP contribution < -0.4 is 9.64 Å². The van der Waals surface area contributed by atoms with Gasteiger partial charge < -0.3 is 4.74 Å². The lowest BCUT2D eigenvalue weighted by Gasteiger charge is -2.09. The molecule has 0 atom stereocenters. The van der Waals surface area contributed by atoms with Crippen molar-refractivity contribution in [1.82, 2.24) is 0 Å². The summed E-state index contributed by atoms with van der Waals surface area (Å²) in [7, 11) is 1.75. The van der Waals surface area contributed by atoms with Crippen LogP contribution in [0.25, 0.3) is 0 Å². The molecule has 0 N–H and O–H groups in total. The van der Waals surface area contributed by atoms with Crippen molar-refractivity contribution in [2.75, 3.05) is 18.6 Å². The number of fused-ring (bicyclic) bond motifs is 1. The van der Waals surface area contributed by atoms with Crippen molar-refractivity contribution in [2.45, 2.75) is 6.42 Å². The van der Waals surface area contributed by atoms with Gasteiger partial charge in [0.15, 0.2) is 6.19 Å². The summed E-state index contributed by atoms with van der Waals surface area (Å²) in [6.07, 6.45) is 3.01. The van der Waals surface area contributed by atoms with Crippen LogP contribution in [0.1, 0.15) is 5.56 Å². The molecule has 0 amide bonds. The highest BCUT2D eigenvalue weighted by Crippen LogP contribution is 2.28. The minimum atomic E-state index is 0.759. The fraction of sp³-hybridized carbons (Fsp3) is 0.300. The normalized spacial score (nSPS) is 12.9. The number of hydrogen-bond acceptors (Lipinski definition) is 3. The summed E-state index contributed by atoms with van der Waals surface area (Å²) in [6.45, 7) is 0.759. The van der Waals surface area contributed by atoms with E-state index >= 15 is 0 Å². The standard InChI is InChI=1S/C10H10N2O/c1-12(7-11)9-2-3-10-8(6-9)4-5-13-10/h2-3,6H,4-5H2,1H3. The summed E-state index contributed by atoms with van der Waals surface area (Å²) in [6, 6.07) is 5.82. The number of benzene rings is 1. The fourth-order valence-corrected chi connectivity index (χ4v) is 1.44. The number of hydrogen-bond donors (Lipinski definition) is 0. The third-order valence-electron chi connectivity index (χ3n) is 2.21. The van der Waals surface area contributed by atoms with Gasteiger partial charge in [-0.2, -0.15) is 5.26 Å². The molecule has 0 fully saturated rings. The number of rotatable bonds is 1. The molecule has 1 aromatic carbocycles. The Morgan fingerprint density at radius 1 is 1.54 bits per heavy atom. The molecule has 2 rings (SSSR count). The molecule has 1 heterocycles. The molecule has 1 aliphatic rings. The first-order chi connectivity index (χ1) is 6.31. The van der Waals surface area contributed by atoms with Crippen molar-refractivity contribution in [3.8, 4) is 11.9 Å². The molecule has 0 spiro atoms. The van der Waals surface area contributed by atoms with Crippen molar-refractivity contribution in [3.05, 3.63) is 23.8 Å². The molecule has 0 saturated carbocycles. The second kappa shape index (κ2) is 2.98. The van der Waals surface area contributed by atoms with Crippen molar-refractivity contribution >= 4 is 5.69 Å². The Labute approximate surface area is 77.2 Å². The Morgan fingerprint density at radius 2 is 2.38 bits per heavy atom. The molecule has 66 valence electrons. The van der Waals surface area contributed by atoms with E-state index < -0.39 is 0 Å². The van der Waals surface area contributed by atoms with E-state index in [9.17, 15) is 0 Å². The lowest BCUT2D eigenvalue weighted by Crippen LogP contribution is -2.07. The van der Waals surface area contributed by atoms with Gasteiger partial charge in [-0.3, -0.25) is 4.90 Å². The third kappa shape index (κ3) is 1.31. The Kier molecular flexibility index (Phi) is 1.82. The minimum Gasteiger partial charge on any atom is -0.493 e. The van der Waals surface area contributed by atoms with Gasteiger partial charge in [0.05, 0.1) is 12.3 Å². The van der Waals surface area contributed by atoms with Crippen LogP contribution in [0.15, 0.2) is 18.2 Å². The topological polar surface area (TPSA) is 36.3 Å². The summed E-state index contributed by atoms with van der Waals surface area (Å²) in [5.41, 5.74) is 2.12. The van der Waals surface area contributed by atoms with Gasteiger partial charge in [-0.1, -0.05) is 0 Å². The van der Waals surface area contributed by atoms with E-state index in [1.54, 1.807) is 11.9 Å². The molecule has 3 heteroatoms. The summed E-state index contributed by atoms with van der Waals surface area (Å²) in [5, 5.41) is 8.68. The van der Waals surface area contributed by atoms with E-state index in [0.29, 0.717) is 0 Å². The molecular formula is C10H10N2O. The van der Waals surface area contributed by atoms with E-state index in [0.717, 1.165) is 24.5 Å². The first-order valence-electron chi connectivity index (χ1n) is 4.20. The van der Waals surface area contributed by atoms with Crippen LogP contribution in [0.4, 0.5) is 5.69 Å². The SMILES string of the molecule is CN(C#N)c1ccc2c(c1)CCO2. The minimum absolute atomic E-state index is 0.759. The monoisotopic (exact) mass is 174 g/mol. The van der Waals surface area contributed by atoms with Crippen LogP contribution in [0.2, 0.25) is 0 Å². The van der Waals surface area contributed by atoms with Gasteiger partial charge in [-0.25, -0.2) is 0 Å². The van der Waals surface area contributed by atoms with Gasteiger partial charge >= 0.3 is 0 Å². The van der Waals surface area contributed by atoms with Gasteiger partial charge in [0.1, 0.15) is 5.75 Å². The summed E-state index contributed by atoms with van der Waals surface area (Å²) in [4.78, 5) is 1.54. The van der Waals surface area contributed by atoms with E-state index in [-0.39, 0.29) is 0 Å². The first kappa shape index (κ1) is 7.93. The van der Waals surface area contributed by atoms with Crippen LogP contribution in [0, 0.1) is 11.5 Å². The van der Waals surface area contributed by atoms with Crippen LogP contribution in [-0.2, 0) is 6.42 Å². The molecule has 0 unspecified atom stereocenters. The number of anilines is 1. The van der Waals surface area contributed by atoms with Crippen molar-refractivity contribution in [3.63, 3.8) is 0 Å². The molecule has 3 nitrogen and oxygen atoms in total. The van der Waals surface area contributed by atoms with E-state index in [1.807, 2.05) is 18.2 Å². The van der Waals surface area contributed by atoms with E-state index in [1.165, 1.54) is 5.56 Å². The maximum absolute atomic E-state index is 8.68. The Bertz CT molecular complexity index is 368. The van der Waals surface area contributed by atoms with Crippen molar-refractivity contribution in [2.24, 2.45) is 0 Å². The summed E-state index contributed by atoms with van der Waals surface area (Å²) < 4.78 is 5.37. The average molecular weight is 174 g/mol. The summed E-state index contributed by atoms with van der Waals surface area (Å²) in [5.74, 6) is 0.954. The average Bonchev–Trinajstić information content (AvgIpc) is 2.63. The second-order valence-corrected chi connectivity index (χ2v) is 3.05. The second-order valence-electron chi connectivity index (χ2n) is 3.05. The predicted octanol–water partition coefficient (Wildman–Crippen LogP) is 1.54. The highest BCUT2D eigenvalue weighted by atomic mass is 16.5. The lowest BCUT2D eigenvalue weighted by molar-refractivity contribution is 0.357. The fourth-order valence-electron chi connectivity index (χ4n) is 1.44. The lowest BCUT2D eigenvalue weighted by atomic mass is 10.1. The van der Waals surface area contributed by atoms with Crippen molar-refractivity contribution in [1.29, 1.82) is 5.26 Å². The molecule has 0 aromatic heterocycles. The van der Waals surface area contributed by atoms with Crippen molar-refractivity contribution < 1.29 is 4.74 Å². The van der Waals surface area contributed by atoms with Crippen LogP contribution in [0.5, 0.6) is 5.75 Å². The maximum atomic E-state index is 8.68. The highest BCUT2D eigenvalue weighted by Gasteiger charge is 2.12. The van der Waals surface area contributed by atoms with Gasteiger partial charge in [0.2, 0.25) is 0 Å². The molecule has 1 aliphatic heterocycles. The predicted molar refractivity (Wildman–Crippen MR) is 49.7 cm³/mol. The smallest absolute Gasteiger partial charge is 0.183 e. The molecule has 0 aliphatic carbocycles. The first-order valence-corrected chi connectivity index (χ1v) is 4.20. The molecule has 0 radical (unpaired) electrons. The molecule has 0 saturated heterocycles. The van der Waals surface area contributed by atoms with Gasteiger partial charge in [-0.15, -0.1) is 0 Å². The van der Waals surface area contributed by atoms with Crippen LogP contribution in [0.3, 0.4) is 0 Å². The Balaban J connectivity index is 2.37. The molecule has 0 bridgehead atoms. The van der Waals surface area contributed by atoms with Crippen LogP contribution >= 0.6 is 0 Å². The van der Waals surface area contributed by atoms with Gasteiger partial charge in [0, 0.05) is 13.5 Å². The van der Waals surface area contributed by atoms with Gasteiger partial charge in [-0.05, 0) is 23.8 Å². The Morgan fingerprint density at radius 3 is 3.15 bits per heavy atom. The summed E-state index contributed by atoms with van der Waals surface area (Å²) >= 11 is 0. The Hall–Kier alpha value is -1.69. The zero-order valence-electron chi connectivity index (χ0n) is 7.45. The molecule has 13 heavy (non-hydrogen) atoms. The molecular weight excluding hydrogens is 164 g/mol. The van der Waals surface area contributed by atoms with Crippen LogP contribution in [-0.4, -0.2) is 13.7 Å². The number of nitrogens with zero attached hydrogens (tertiary/aromatic N) is 2. The maximum Gasteiger partial charge on any atom is 0.183 e. The zero-order valence-corrected chi connectivity index (χ0v) is 7.45. The van der Waals surface area contributed by atoms with Gasteiger partial charge in [0.25, 0.3) is 0 Å². The van der Waals surface area contributed by atoms with E-state index in [4.69, 9.17) is 10.00 Å². The number of nitriles is 1. The quantitative estimate of drug-likeness (QED) is 0.478. The highest BCUT2D eigenvalue weighted by molar-refractivity contribution is 5.55. The van der Waals surface area contributed by atoms with E-state index in [2.05, 4.69) is 6.19 Å². The number of ether oxygens (including phenoxy) is 1. The molecule has 1 aromatic rings. The third-order valence-corrected chi connectivity index (χ3v) is 2.21. The largest absolute Gasteiger partial charge is 0.493 e. The zero-order chi connectivity index (χ0) is 9.26.